The second-order valence-electron chi connectivity index (χ2n) is 5.61. The molecule has 1 amide bonds. The maximum absolute atomic E-state index is 12.4. The zero-order valence-electron chi connectivity index (χ0n) is 13.4. The van der Waals surface area contributed by atoms with Gasteiger partial charge in [-0.2, -0.15) is 0 Å². The first-order valence-electron chi connectivity index (χ1n) is 7.75. The smallest absolute Gasteiger partial charge is 0.260 e. The molecule has 6 heteroatoms. The molecule has 0 aliphatic heterocycles. The predicted molar refractivity (Wildman–Crippen MR) is 99.8 cm³/mol. The molecule has 2 aromatic carbocycles. The molecule has 0 spiro atoms. The fourth-order valence-corrected chi connectivity index (χ4v) is 3.40. The van der Waals surface area contributed by atoms with E-state index in [-0.39, 0.29) is 5.91 Å². The number of nitrogens with one attached hydrogen (secondary N) is 1. The first-order chi connectivity index (χ1) is 12.2. The lowest BCUT2D eigenvalue weighted by Gasteiger charge is -2.03. The summed E-state index contributed by atoms with van der Waals surface area (Å²) in [6.07, 6.45) is 3.06. The highest BCUT2D eigenvalue weighted by Gasteiger charge is 2.11. The Balaban J connectivity index is 1.54. The molecule has 5 nitrogen and oxygen atoms in total. The number of carbonyl (C=O) groups excluding carboxylic acids is 1. The maximum Gasteiger partial charge on any atom is 0.260 e. The van der Waals surface area contributed by atoms with Gasteiger partial charge in [0.15, 0.2) is 11.0 Å². The number of thiazole rings is 1. The molecule has 0 unspecified atom stereocenters. The second-order valence-corrected chi connectivity index (χ2v) is 6.64. The van der Waals surface area contributed by atoms with Crippen molar-refractivity contribution < 1.29 is 4.79 Å². The van der Waals surface area contributed by atoms with Crippen LogP contribution in [0.3, 0.4) is 0 Å². The van der Waals surface area contributed by atoms with Gasteiger partial charge in [0, 0.05) is 18.0 Å². The fourth-order valence-electron chi connectivity index (χ4n) is 2.44. The molecule has 4 aromatic rings. The Labute approximate surface area is 148 Å². The largest absolute Gasteiger partial charge is 0.298 e. The third-order valence-electron chi connectivity index (χ3n) is 3.71. The number of aryl methyl sites for hydroxylation is 1. The molecule has 2 heterocycles. The van der Waals surface area contributed by atoms with Crippen molar-refractivity contribution in [2.45, 2.75) is 6.92 Å². The Hall–Kier alpha value is -3.12. The lowest BCUT2D eigenvalue weighted by molar-refractivity contribution is 0.102. The Morgan fingerprint density at radius 1 is 1.04 bits per heavy atom. The van der Waals surface area contributed by atoms with Crippen molar-refractivity contribution in [2.75, 3.05) is 5.32 Å². The zero-order chi connectivity index (χ0) is 17.2. The van der Waals surface area contributed by atoms with Crippen LogP contribution in [-0.4, -0.2) is 20.9 Å². The first-order valence-corrected chi connectivity index (χ1v) is 8.57. The summed E-state index contributed by atoms with van der Waals surface area (Å²) in [5, 5.41) is 3.38. The molecular formula is C19H14N4OS. The van der Waals surface area contributed by atoms with E-state index in [0.717, 1.165) is 15.8 Å². The summed E-state index contributed by atoms with van der Waals surface area (Å²) in [5.74, 6) is 0.322. The van der Waals surface area contributed by atoms with Crippen molar-refractivity contribution >= 4 is 32.6 Å². The quantitative estimate of drug-likeness (QED) is 0.600. The number of benzene rings is 2. The Kier molecular flexibility index (Phi) is 3.95. The van der Waals surface area contributed by atoms with Crippen LogP contribution in [-0.2, 0) is 0 Å². The minimum Gasteiger partial charge on any atom is -0.298 e. The Morgan fingerprint density at radius 3 is 2.56 bits per heavy atom. The van der Waals surface area contributed by atoms with Gasteiger partial charge in [-0.15, -0.1) is 0 Å². The van der Waals surface area contributed by atoms with Crippen molar-refractivity contribution in [3.8, 4) is 11.4 Å². The summed E-state index contributed by atoms with van der Waals surface area (Å²) in [5.41, 5.74) is 3.35. The van der Waals surface area contributed by atoms with Crippen molar-refractivity contribution in [1.29, 1.82) is 0 Å². The van der Waals surface area contributed by atoms with Crippen LogP contribution in [0.2, 0.25) is 0 Å². The van der Waals surface area contributed by atoms with Crippen LogP contribution in [0.25, 0.3) is 21.6 Å². The molecular weight excluding hydrogens is 332 g/mol. The summed E-state index contributed by atoms with van der Waals surface area (Å²) >= 11 is 1.45. The average Bonchev–Trinajstić information content (AvgIpc) is 3.04. The molecule has 0 atom stereocenters. The third kappa shape index (κ3) is 3.25. The average molecular weight is 346 g/mol. The van der Waals surface area contributed by atoms with Crippen molar-refractivity contribution in [1.82, 2.24) is 15.0 Å². The summed E-state index contributed by atoms with van der Waals surface area (Å²) < 4.78 is 1.05. The summed E-state index contributed by atoms with van der Waals surface area (Å²) in [4.78, 5) is 25.4. The van der Waals surface area contributed by atoms with Crippen LogP contribution >= 0.6 is 11.3 Å². The van der Waals surface area contributed by atoms with Gasteiger partial charge in [-0.25, -0.2) is 15.0 Å². The Bertz CT molecular complexity index is 1040. The number of hydrogen-bond donors (Lipinski definition) is 1. The zero-order valence-corrected chi connectivity index (χ0v) is 14.2. The van der Waals surface area contributed by atoms with Gasteiger partial charge in [0.1, 0.15) is 0 Å². The van der Waals surface area contributed by atoms with Crippen molar-refractivity contribution in [3.05, 3.63) is 72.1 Å². The normalized spacial score (nSPS) is 10.8. The van der Waals surface area contributed by atoms with Crippen LogP contribution in [0, 0.1) is 6.92 Å². The maximum atomic E-state index is 12.4. The second kappa shape index (κ2) is 6.41. The molecule has 25 heavy (non-hydrogen) atoms. The first kappa shape index (κ1) is 15.4. The monoisotopic (exact) mass is 346 g/mol. The number of anilines is 1. The number of aromatic nitrogens is 3. The lowest BCUT2D eigenvalue weighted by atomic mass is 10.2. The van der Waals surface area contributed by atoms with Gasteiger partial charge in [0.05, 0.1) is 15.8 Å². The van der Waals surface area contributed by atoms with Crippen LogP contribution in [0.5, 0.6) is 0 Å². The van der Waals surface area contributed by atoms with E-state index in [4.69, 9.17) is 0 Å². The van der Waals surface area contributed by atoms with Crippen LogP contribution in [0.15, 0.2) is 60.9 Å². The molecule has 1 N–H and O–H groups in total. The standard InChI is InChI=1S/C19H14N4OS/c1-12-7-8-15-16(9-12)25-19(22-15)23-18(24)14-10-20-17(21-11-14)13-5-3-2-4-6-13/h2-11H,1H3,(H,22,23,24). The van der Waals surface area contributed by atoms with Crippen LogP contribution < -0.4 is 5.32 Å². The van der Waals surface area contributed by atoms with E-state index in [1.807, 2.05) is 49.4 Å². The van der Waals surface area contributed by atoms with Gasteiger partial charge in [-0.05, 0) is 24.6 Å². The number of nitrogens with zero attached hydrogens (tertiary/aromatic N) is 3. The van der Waals surface area contributed by atoms with E-state index in [0.29, 0.717) is 16.5 Å². The molecule has 0 saturated carbocycles. The van der Waals surface area contributed by atoms with Gasteiger partial charge in [-0.1, -0.05) is 47.7 Å². The van der Waals surface area contributed by atoms with Crippen LogP contribution in [0.4, 0.5) is 5.13 Å². The van der Waals surface area contributed by atoms with Gasteiger partial charge >= 0.3 is 0 Å². The van der Waals surface area contributed by atoms with E-state index in [9.17, 15) is 4.79 Å². The molecule has 2 aromatic heterocycles. The summed E-state index contributed by atoms with van der Waals surface area (Å²) in [6, 6.07) is 15.7. The third-order valence-corrected chi connectivity index (χ3v) is 4.64. The van der Waals surface area contributed by atoms with Crippen molar-refractivity contribution in [3.63, 3.8) is 0 Å². The molecule has 122 valence electrons. The summed E-state index contributed by atoms with van der Waals surface area (Å²) in [7, 11) is 0. The van der Waals surface area contributed by atoms with E-state index >= 15 is 0 Å². The highest BCUT2D eigenvalue weighted by Crippen LogP contribution is 2.27. The highest BCUT2D eigenvalue weighted by atomic mass is 32.1. The van der Waals surface area contributed by atoms with Crippen molar-refractivity contribution in [2.24, 2.45) is 0 Å². The summed E-state index contributed by atoms with van der Waals surface area (Å²) in [6.45, 7) is 2.03. The molecule has 0 radical (unpaired) electrons. The predicted octanol–water partition coefficient (Wildman–Crippen LogP) is 4.31. The molecule has 0 bridgehead atoms. The minimum atomic E-state index is -0.268. The number of carbonyl (C=O) groups is 1. The van der Waals surface area contributed by atoms with Crippen LogP contribution in [0.1, 0.15) is 15.9 Å². The number of fused-ring (bicyclic) bond motifs is 1. The fraction of sp³-hybridized carbons (Fsp3) is 0.0526. The van der Waals surface area contributed by atoms with Gasteiger partial charge in [0.25, 0.3) is 5.91 Å². The molecule has 4 rings (SSSR count). The van der Waals surface area contributed by atoms with E-state index in [1.54, 1.807) is 0 Å². The lowest BCUT2D eigenvalue weighted by Crippen LogP contribution is -2.12. The van der Waals surface area contributed by atoms with Gasteiger partial charge < -0.3 is 0 Å². The number of amides is 1. The van der Waals surface area contributed by atoms with Gasteiger partial charge in [-0.3, -0.25) is 10.1 Å². The molecule has 0 fully saturated rings. The molecule has 0 aliphatic carbocycles. The molecule has 0 saturated heterocycles. The highest BCUT2D eigenvalue weighted by molar-refractivity contribution is 7.22. The van der Waals surface area contributed by atoms with E-state index in [2.05, 4.69) is 26.3 Å². The van der Waals surface area contributed by atoms with E-state index < -0.39 is 0 Å². The number of rotatable bonds is 3. The van der Waals surface area contributed by atoms with E-state index in [1.165, 1.54) is 29.3 Å². The SMILES string of the molecule is Cc1ccc2nc(NC(=O)c3cnc(-c4ccccc4)nc3)sc2c1. The topological polar surface area (TPSA) is 67.8 Å². The minimum absolute atomic E-state index is 0.268. The Morgan fingerprint density at radius 2 is 1.80 bits per heavy atom. The number of hydrogen-bond acceptors (Lipinski definition) is 5. The van der Waals surface area contributed by atoms with Gasteiger partial charge in [0.2, 0.25) is 0 Å². The molecule has 0 aliphatic rings.